The fraction of sp³-hybridized carbons (Fsp3) is 0.389. The molecule has 27 heavy (non-hydrogen) atoms. The average molecular weight is 425 g/mol. The Hall–Kier alpha value is -1.71. The molecule has 144 valence electrons. The van der Waals surface area contributed by atoms with Crippen LogP contribution in [0.25, 0.3) is 6.08 Å². The maximum Gasteiger partial charge on any atom is 0.266 e. The van der Waals surface area contributed by atoms with Crippen LogP contribution >= 0.6 is 24.0 Å². The first-order valence-electron chi connectivity index (χ1n) is 8.53. The zero-order valence-electron chi connectivity index (χ0n) is 14.8. The van der Waals surface area contributed by atoms with Crippen molar-refractivity contribution in [2.75, 3.05) is 25.1 Å². The highest BCUT2D eigenvalue weighted by Gasteiger charge is 2.35. The van der Waals surface area contributed by atoms with E-state index in [4.69, 9.17) is 12.2 Å². The molecule has 1 unspecified atom stereocenters. The van der Waals surface area contributed by atoms with Gasteiger partial charge in [0.05, 0.1) is 16.4 Å². The summed E-state index contributed by atoms with van der Waals surface area (Å²) in [5.41, 5.74) is 0.913. The Bertz CT molecular complexity index is 896. The van der Waals surface area contributed by atoms with Crippen molar-refractivity contribution >= 4 is 56.0 Å². The first kappa shape index (κ1) is 20.0. The van der Waals surface area contributed by atoms with E-state index in [1.165, 1.54) is 21.6 Å². The lowest BCUT2D eigenvalue weighted by Gasteiger charge is -2.24. The van der Waals surface area contributed by atoms with Gasteiger partial charge in [0.15, 0.2) is 9.84 Å². The summed E-state index contributed by atoms with van der Waals surface area (Å²) >= 11 is 6.52. The zero-order valence-corrected chi connectivity index (χ0v) is 17.3. The summed E-state index contributed by atoms with van der Waals surface area (Å²) in [6.07, 6.45) is 2.36. The monoisotopic (exact) mass is 424 g/mol. The van der Waals surface area contributed by atoms with Crippen molar-refractivity contribution in [3.8, 4) is 0 Å². The number of thioether (sulfide) groups is 1. The molecular weight excluding hydrogens is 404 g/mol. The average Bonchev–Trinajstić information content (AvgIpc) is 3.12. The maximum absolute atomic E-state index is 12.6. The largest absolute Gasteiger partial charge is 0.342 e. The molecule has 2 aliphatic rings. The second kappa shape index (κ2) is 8.12. The van der Waals surface area contributed by atoms with Crippen LogP contribution < -0.4 is 0 Å². The molecule has 2 aliphatic heterocycles. The Labute approximate surface area is 168 Å². The SMILES string of the molecule is CN(C(=O)CCN1C(=O)/C(=C/c2ccccc2)SC1=S)C1CCS(=O)(=O)C1. The fourth-order valence-corrected chi connectivity index (χ4v) is 6.14. The zero-order chi connectivity index (χ0) is 19.6. The van der Waals surface area contributed by atoms with Crippen LogP contribution in [0, 0.1) is 0 Å². The van der Waals surface area contributed by atoms with E-state index in [0.717, 1.165) is 5.56 Å². The minimum atomic E-state index is -3.05. The van der Waals surface area contributed by atoms with Gasteiger partial charge in [0.25, 0.3) is 5.91 Å². The summed E-state index contributed by atoms with van der Waals surface area (Å²) in [7, 11) is -1.43. The normalized spacial score (nSPS) is 23.2. The van der Waals surface area contributed by atoms with Gasteiger partial charge in [-0.3, -0.25) is 14.5 Å². The molecule has 0 saturated carbocycles. The van der Waals surface area contributed by atoms with Crippen molar-refractivity contribution in [2.45, 2.75) is 18.9 Å². The third-order valence-electron chi connectivity index (χ3n) is 4.67. The number of amides is 2. The van der Waals surface area contributed by atoms with Crippen molar-refractivity contribution in [2.24, 2.45) is 0 Å². The lowest BCUT2D eigenvalue weighted by molar-refractivity contribution is -0.132. The lowest BCUT2D eigenvalue weighted by Crippen LogP contribution is -2.40. The highest BCUT2D eigenvalue weighted by molar-refractivity contribution is 8.26. The third-order valence-corrected chi connectivity index (χ3v) is 7.80. The van der Waals surface area contributed by atoms with Crippen LogP contribution in [0.2, 0.25) is 0 Å². The van der Waals surface area contributed by atoms with E-state index in [0.29, 0.717) is 15.6 Å². The molecule has 1 atom stereocenters. The predicted octanol–water partition coefficient (Wildman–Crippen LogP) is 1.92. The van der Waals surface area contributed by atoms with Crippen LogP contribution in [0.4, 0.5) is 0 Å². The van der Waals surface area contributed by atoms with Gasteiger partial charge in [0.2, 0.25) is 5.91 Å². The van der Waals surface area contributed by atoms with Crippen molar-refractivity contribution in [3.63, 3.8) is 0 Å². The maximum atomic E-state index is 12.6. The highest BCUT2D eigenvalue weighted by atomic mass is 32.2. The summed E-state index contributed by atoms with van der Waals surface area (Å²) in [6.45, 7) is 0.194. The van der Waals surface area contributed by atoms with Gasteiger partial charge in [-0.15, -0.1) is 0 Å². The second-order valence-electron chi connectivity index (χ2n) is 6.56. The van der Waals surface area contributed by atoms with Crippen molar-refractivity contribution in [3.05, 3.63) is 40.8 Å². The standard InChI is InChI=1S/C18H20N2O4S3/c1-19(14-8-10-27(23,24)12-14)16(21)7-9-20-17(22)15(26-18(20)25)11-13-5-3-2-4-6-13/h2-6,11,14H,7-10,12H2,1H3/b15-11-. The molecule has 0 aromatic heterocycles. The summed E-state index contributed by atoms with van der Waals surface area (Å²) in [6, 6.07) is 9.21. The van der Waals surface area contributed by atoms with Crippen LogP contribution in [-0.2, 0) is 19.4 Å². The minimum Gasteiger partial charge on any atom is -0.342 e. The lowest BCUT2D eigenvalue weighted by atomic mass is 10.2. The number of sulfone groups is 1. The molecule has 2 saturated heterocycles. The quantitative estimate of drug-likeness (QED) is 0.531. The molecular formula is C18H20N2O4S3. The van der Waals surface area contributed by atoms with Crippen LogP contribution in [0.5, 0.6) is 0 Å². The Kier molecular flexibility index (Phi) is 6.02. The van der Waals surface area contributed by atoms with Gasteiger partial charge < -0.3 is 4.90 Å². The van der Waals surface area contributed by atoms with E-state index >= 15 is 0 Å². The molecule has 2 heterocycles. The van der Waals surface area contributed by atoms with Gasteiger partial charge >= 0.3 is 0 Å². The molecule has 9 heteroatoms. The third kappa shape index (κ3) is 4.77. The molecule has 0 bridgehead atoms. The molecule has 0 radical (unpaired) electrons. The fourth-order valence-electron chi connectivity index (χ4n) is 3.06. The molecule has 2 amide bonds. The topological polar surface area (TPSA) is 74.8 Å². The Morgan fingerprint density at radius 1 is 1.37 bits per heavy atom. The number of benzene rings is 1. The van der Waals surface area contributed by atoms with Gasteiger partial charge in [-0.25, -0.2) is 8.42 Å². The summed E-state index contributed by atoms with van der Waals surface area (Å²) < 4.78 is 23.6. The molecule has 2 fully saturated rings. The molecule has 6 nitrogen and oxygen atoms in total. The number of carbonyl (C=O) groups is 2. The first-order chi connectivity index (χ1) is 12.8. The molecule has 1 aromatic carbocycles. The van der Waals surface area contributed by atoms with Crippen molar-refractivity contribution in [1.29, 1.82) is 0 Å². The Morgan fingerprint density at radius 2 is 2.07 bits per heavy atom. The minimum absolute atomic E-state index is 0.0100. The highest BCUT2D eigenvalue weighted by Crippen LogP contribution is 2.32. The molecule has 0 N–H and O–H groups in total. The summed E-state index contributed by atoms with van der Waals surface area (Å²) in [5.74, 6) is -0.254. The van der Waals surface area contributed by atoms with E-state index in [9.17, 15) is 18.0 Å². The van der Waals surface area contributed by atoms with Crippen LogP contribution in [0.1, 0.15) is 18.4 Å². The first-order valence-corrected chi connectivity index (χ1v) is 11.6. The smallest absolute Gasteiger partial charge is 0.266 e. The van der Waals surface area contributed by atoms with E-state index < -0.39 is 9.84 Å². The number of nitrogens with zero attached hydrogens (tertiary/aromatic N) is 2. The number of thiocarbonyl (C=S) groups is 1. The van der Waals surface area contributed by atoms with Gasteiger partial charge in [-0.2, -0.15) is 0 Å². The van der Waals surface area contributed by atoms with E-state index in [1.807, 2.05) is 30.3 Å². The van der Waals surface area contributed by atoms with Crippen molar-refractivity contribution < 1.29 is 18.0 Å². The van der Waals surface area contributed by atoms with E-state index in [-0.39, 0.29) is 42.3 Å². The molecule has 1 aromatic rings. The van der Waals surface area contributed by atoms with E-state index in [1.54, 1.807) is 13.1 Å². The molecule has 0 spiro atoms. The van der Waals surface area contributed by atoms with Crippen LogP contribution in [0.3, 0.4) is 0 Å². The van der Waals surface area contributed by atoms with Crippen molar-refractivity contribution in [1.82, 2.24) is 9.80 Å². The number of carbonyl (C=O) groups excluding carboxylic acids is 2. The Morgan fingerprint density at radius 3 is 2.70 bits per heavy atom. The second-order valence-corrected chi connectivity index (χ2v) is 10.5. The van der Waals surface area contributed by atoms with E-state index in [2.05, 4.69) is 0 Å². The number of hydrogen-bond donors (Lipinski definition) is 0. The van der Waals surface area contributed by atoms with Crippen LogP contribution in [0.15, 0.2) is 35.2 Å². The summed E-state index contributed by atoms with van der Waals surface area (Å²) in [5, 5.41) is 0. The number of hydrogen-bond acceptors (Lipinski definition) is 6. The number of rotatable bonds is 5. The predicted molar refractivity (Wildman–Crippen MR) is 111 cm³/mol. The van der Waals surface area contributed by atoms with Gasteiger partial charge in [-0.1, -0.05) is 54.3 Å². The van der Waals surface area contributed by atoms with Crippen LogP contribution in [-0.4, -0.2) is 65.5 Å². The molecule has 3 rings (SSSR count). The van der Waals surface area contributed by atoms with Gasteiger partial charge in [-0.05, 0) is 18.1 Å². The Balaban J connectivity index is 1.59. The van der Waals surface area contributed by atoms with Gasteiger partial charge in [0.1, 0.15) is 4.32 Å². The van der Waals surface area contributed by atoms with Gasteiger partial charge in [0, 0.05) is 26.1 Å². The molecule has 0 aliphatic carbocycles. The summed E-state index contributed by atoms with van der Waals surface area (Å²) in [4.78, 5) is 28.5.